The summed E-state index contributed by atoms with van der Waals surface area (Å²) < 4.78 is 5.76. The van der Waals surface area contributed by atoms with Crippen LogP contribution in [0.2, 0.25) is 0 Å². The lowest BCUT2D eigenvalue weighted by Crippen LogP contribution is -2.33. The Morgan fingerprint density at radius 2 is 2.36 bits per heavy atom. The van der Waals surface area contributed by atoms with E-state index in [0.717, 1.165) is 11.7 Å². The Bertz CT molecular complexity index is 320. The van der Waals surface area contributed by atoms with Gasteiger partial charge in [0.05, 0.1) is 6.61 Å². The summed E-state index contributed by atoms with van der Waals surface area (Å²) >= 11 is 6.49. The van der Waals surface area contributed by atoms with Crippen LogP contribution in [0.4, 0.5) is 5.13 Å². The molecule has 0 aliphatic carbocycles. The second-order valence-electron chi connectivity index (χ2n) is 3.18. The molecule has 0 aliphatic rings. The van der Waals surface area contributed by atoms with Crippen molar-refractivity contribution in [2.75, 3.05) is 25.2 Å². The topological polar surface area (TPSA) is 41.1 Å². The van der Waals surface area contributed by atoms with Gasteiger partial charge in [0, 0.05) is 19.7 Å². The number of ether oxygens (including phenoxy) is 1. The van der Waals surface area contributed by atoms with Crippen LogP contribution in [0.1, 0.15) is 13.8 Å². The Morgan fingerprint density at radius 1 is 1.64 bits per heavy atom. The van der Waals surface area contributed by atoms with E-state index in [9.17, 15) is 0 Å². The Kier molecular flexibility index (Phi) is 4.50. The Morgan fingerprint density at radius 3 is 2.79 bits per heavy atom. The normalized spacial score (nSPS) is 10.9. The lowest BCUT2D eigenvalue weighted by atomic mass is 10.3. The van der Waals surface area contributed by atoms with Gasteiger partial charge in [0.1, 0.15) is 0 Å². The molecule has 0 aliphatic heterocycles. The molecule has 0 fully saturated rings. The lowest BCUT2D eigenvalue weighted by molar-refractivity contribution is 0.204. The van der Waals surface area contributed by atoms with E-state index in [1.165, 1.54) is 11.3 Å². The molecule has 1 aromatic rings. The van der Waals surface area contributed by atoms with Crippen LogP contribution >= 0.6 is 23.6 Å². The maximum atomic E-state index is 5.05. The molecule has 0 unspecified atom stereocenters. The highest BCUT2D eigenvalue weighted by atomic mass is 32.1. The molecule has 6 heteroatoms. The van der Waals surface area contributed by atoms with E-state index < -0.39 is 0 Å². The van der Waals surface area contributed by atoms with Crippen molar-refractivity contribution in [2.24, 2.45) is 0 Å². The van der Waals surface area contributed by atoms with Crippen LogP contribution in [-0.2, 0) is 4.74 Å². The second-order valence-corrected chi connectivity index (χ2v) is 4.82. The molecule has 0 bridgehead atoms. The van der Waals surface area contributed by atoms with Crippen molar-refractivity contribution < 1.29 is 4.74 Å². The maximum Gasteiger partial charge on any atom is 0.207 e. The smallest absolute Gasteiger partial charge is 0.207 e. The van der Waals surface area contributed by atoms with Crippen molar-refractivity contribution >= 4 is 28.7 Å². The first-order valence-electron chi connectivity index (χ1n) is 4.46. The maximum absolute atomic E-state index is 5.05. The summed E-state index contributed by atoms with van der Waals surface area (Å²) in [6.45, 7) is 5.79. The number of hydrogen-bond donors (Lipinski definition) is 1. The SMILES string of the molecule is COCCN(c1n[nH]c(=S)s1)C(C)C. The molecule has 0 spiro atoms. The summed E-state index contributed by atoms with van der Waals surface area (Å²) in [6.07, 6.45) is 0. The Hall–Kier alpha value is -0.460. The van der Waals surface area contributed by atoms with E-state index in [1.807, 2.05) is 0 Å². The minimum atomic E-state index is 0.402. The van der Waals surface area contributed by atoms with Crippen molar-refractivity contribution in [1.82, 2.24) is 10.2 Å². The van der Waals surface area contributed by atoms with Gasteiger partial charge in [0.15, 0.2) is 3.95 Å². The van der Waals surface area contributed by atoms with E-state index in [-0.39, 0.29) is 0 Å². The van der Waals surface area contributed by atoms with Gasteiger partial charge in [-0.15, -0.1) is 5.10 Å². The molecule has 1 aromatic heterocycles. The molecule has 0 atom stereocenters. The minimum absolute atomic E-state index is 0.402. The summed E-state index contributed by atoms with van der Waals surface area (Å²) in [5, 5.41) is 7.86. The average molecular weight is 233 g/mol. The molecule has 1 heterocycles. The number of nitrogens with zero attached hydrogens (tertiary/aromatic N) is 2. The van der Waals surface area contributed by atoms with Crippen molar-refractivity contribution in [3.8, 4) is 0 Å². The number of rotatable bonds is 5. The van der Waals surface area contributed by atoms with Crippen molar-refractivity contribution in [3.63, 3.8) is 0 Å². The number of aromatic amines is 1. The van der Waals surface area contributed by atoms with Crippen LogP contribution in [0.3, 0.4) is 0 Å². The average Bonchev–Trinajstić information content (AvgIpc) is 2.52. The van der Waals surface area contributed by atoms with Crippen LogP contribution < -0.4 is 4.90 Å². The largest absolute Gasteiger partial charge is 0.383 e. The first kappa shape index (κ1) is 11.6. The Labute approximate surface area is 92.9 Å². The predicted molar refractivity (Wildman–Crippen MR) is 61.7 cm³/mol. The lowest BCUT2D eigenvalue weighted by Gasteiger charge is -2.24. The van der Waals surface area contributed by atoms with Gasteiger partial charge >= 0.3 is 0 Å². The first-order valence-corrected chi connectivity index (χ1v) is 5.68. The highest BCUT2D eigenvalue weighted by Crippen LogP contribution is 2.19. The molecule has 80 valence electrons. The fourth-order valence-corrected chi connectivity index (χ4v) is 2.15. The van der Waals surface area contributed by atoms with E-state index in [4.69, 9.17) is 17.0 Å². The summed E-state index contributed by atoms with van der Waals surface area (Å²) in [5.41, 5.74) is 0. The van der Waals surface area contributed by atoms with Gasteiger partial charge in [-0.1, -0.05) is 11.3 Å². The standard InChI is InChI=1S/C8H15N3OS2/c1-6(2)11(4-5-12-3)7-9-10-8(13)14-7/h6H,4-5H2,1-3H3,(H,10,13). The van der Waals surface area contributed by atoms with Gasteiger partial charge < -0.3 is 9.64 Å². The molecule has 0 saturated heterocycles. The third-order valence-electron chi connectivity index (χ3n) is 1.83. The van der Waals surface area contributed by atoms with Crippen LogP contribution in [0.25, 0.3) is 0 Å². The fraction of sp³-hybridized carbons (Fsp3) is 0.750. The zero-order chi connectivity index (χ0) is 10.6. The molecule has 0 saturated carbocycles. The summed E-state index contributed by atoms with van der Waals surface area (Å²) in [7, 11) is 1.70. The van der Waals surface area contributed by atoms with E-state index in [0.29, 0.717) is 16.6 Å². The molecule has 14 heavy (non-hydrogen) atoms. The van der Waals surface area contributed by atoms with Crippen molar-refractivity contribution in [1.29, 1.82) is 0 Å². The Balaban J connectivity index is 2.72. The van der Waals surface area contributed by atoms with Crippen molar-refractivity contribution in [2.45, 2.75) is 19.9 Å². The molecular weight excluding hydrogens is 218 g/mol. The molecule has 0 radical (unpaired) electrons. The third kappa shape index (κ3) is 3.04. The molecule has 0 aromatic carbocycles. The third-order valence-corrected chi connectivity index (χ3v) is 2.96. The number of anilines is 1. The summed E-state index contributed by atoms with van der Waals surface area (Å²) in [6, 6.07) is 0.402. The van der Waals surface area contributed by atoms with Gasteiger partial charge in [-0.25, -0.2) is 0 Å². The monoisotopic (exact) mass is 233 g/mol. The second kappa shape index (κ2) is 5.43. The summed E-state index contributed by atoms with van der Waals surface area (Å²) in [5.74, 6) is 0. The fourth-order valence-electron chi connectivity index (χ4n) is 1.11. The number of aromatic nitrogens is 2. The predicted octanol–water partition coefficient (Wildman–Crippen LogP) is 2.06. The first-order chi connectivity index (χ1) is 6.65. The zero-order valence-electron chi connectivity index (χ0n) is 8.61. The van der Waals surface area contributed by atoms with Gasteiger partial charge in [0.2, 0.25) is 5.13 Å². The zero-order valence-corrected chi connectivity index (χ0v) is 10.2. The summed E-state index contributed by atoms with van der Waals surface area (Å²) in [4.78, 5) is 2.17. The molecule has 4 nitrogen and oxygen atoms in total. The van der Waals surface area contributed by atoms with Crippen LogP contribution in [-0.4, -0.2) is 36.5 Å². The van der Waals surface area contributed by atoms with Gasteiger partial charge in [-0.3, -0.25) is 5.10 Å². The quantitative estimate of drug-likeness (QED) is 0.790. The van der Waals surface area contributed by atoms with Gasteiger partial charge in [0.25, 0.3) is 0 Å². The number of nitrogens with one attached hydrogen (secondary N) is 1. The number of hydrogen-bond acceptors (Lipinski definition) is 5. The molecule has 1 rings (SSSR count). The van der Waals surface area contributed by atoms with Crippen LogP contribution in [0.5, 0.6) is 0 Å². The number of methoxy groups -OCH3 is 1. The van der Waals surface area contributed by atoms with Gasteiger partial charge in [-0.2, -0.15) is 0 Å². The minimum Gasteiger partial charge on any atom is -0.383 e. The highest BCUT2D eigenvalue weighted by Gasteiger charge is 2.12. The molecule has 0 amide bonds. The van der Waals surface area contributed by atoms with E-state index in [2.05, 4.69) is 28.9 Å². The van der Waals surface area contributed by atoms with E-state index in [1.54, 1.807) is 7.11 Å². The molecule has 1 N–H and O–H groups in total. The van der Waals surface area contributed by atoms with Gasteiger partial charge in [-0.05, 0) is 26.1 Å². The number of H-pyrrole nitrogens is 1. The van der Waals surface area contributed by atoms with E-state index >= 15 is 0 Å². The molecular formula is C8H15N3OS2. The highest BCUT2D eigenvalue weighted by molar-refractivity contribution is 7.73. The van der Waals surface area contributed by atoms with Crippen molar-refractivity contribution in [3.05, 3.63) is 3.95 Å². The van der Waals surface area contributed by atoms with Crippen LogP contribution in [0, 0.1) is 3.95 Å². The van der Waals surface area contributed by atoms with Crippen LogP contribution in [0.15, 0.2) is 0 Å².